The predicted molar refractivity (Wildman–Crippen MR) is 119 cm³/mol. The third-order valence-corrected chi connectivity index (χ3v) is 7.91. The fourth-order valence-corrected chi connectivity index (χ4v) is 5.77. The molecule has 3 aromatic rings. The lowest BCUT2D eigenvalue weighted by atomic mass is 9.70. The molecule has 1 aliphatic rings. The third-order valence-electron chi connectivity index (χ3n) is 5.90. The van der Waals surface area contributed by atoms with Crippen LogP contribution in [-0.4, -0.2) is 20.9 Å². The Morgan fingerprint density at radius 1 is 1.16 bits per heavy atom. The van der Waals surface area contributed by atoms with Gasteiger partial charge in [-0.25, -0.2) is 9.97 Å². The van der Waals surface area contributed by atoms with Crippen molar-refractivity contribution in [3.8, 4) is 10.6 Å². The van der Waals surface area contributed by atoms with Gasteiger partial charge in [-0.2, -0.15) is 13.2 Å². The van der Waals surface area contributed by atoms with Crippen LogP contribution in [-0.2, 0) is 30.4 Å². The number of hydrogen-bond donors (Lipinski definition) is 1. The van der Waals surface area contributed by atoms with Crippen molar-refractivity contribution in [2.75, 3.05) is 0 Å². The first-order valence-electron chi connectivity index (χ1n) is 10.4. The van der Waals surface area contributed by atoms with E-state index in [9.17, 15) is 23.1 Å². The number of aliphatic hydroxyl groups excluding tert-OH is 1. The minimum Gasteiger partial charge on any atom is -0.389 e. The van der Waals surface area contributed by atoms with Gasteiger partial charge >= 0.3 is 6.18 Å². The standard InChI is InChI=1S/C23H23F3N2O2S2/c1-13-22(32-21(11-29)27-13)18-12-31-20(28-18)10-19(30)16-8-15(9-16)3-2-14-4-6-17(7-5-14)23(24,25)26/h4-7,12,15-16,29H,2-3,8-11H2,1H3. The Labute approximate surface area is 192 Å². The van der Waals surface area contributed by atoms with Crippen LogP contribution in [0.1, 0.15) is 46.1 Å². The number of Topliss-reactive ketones (excluding diaryl/α,β-unsaturated/α-hetero) is 1. The summed E-state index contributed by atoms with van der Waals surface area (Å²) in [5, 5.41) is 12.6. The normalized spacial score (nSPS) is 18.5. The average Bonchev–Trinajstić information content (AvgIpc) is 3.32. The van der Waals surface area contributed by atoms with E-state index in [0.29, 0.717) is 17.3 Å². The van der Waals surface area contributed by atoms with Gasteiger partial charge in [-0.05, 0) is 56.2 Å². The summed E-state index contributed by atoms with van der Waals surface area (Å²) >= 11 is 2.88. The number of rotatable bonds is 8. The summed E-state index contributed by atoms with van der Waals surface area (Å²) in [6.45, 7) is 1.79. The van der Waals surface area contributed by atoms with Crippen molar-refractivity contribution in [2.24, 2.45) is 11.8 Å². The molecule has 9 heteroatoms. The largest absolute Gasteiger partial charge is 0.416 e. The second-order valence-electron chi connectivity index (χ2n) is 8.22. The molecule has 1 fully saturated rings. The van der Waals surface area contributed by atoms with Gasteiger partial charge in [-0.1, -0.05) is 12.1 Å². The number of aromatic nitrogens is 2. The van der Waals surface area contributed by atoms with Crippen LogP contribution < -0.4 is 0 Å². The fourth-order valence-electron chi connectivity index (χ4n) is 4.01. The van der Waals surface area contributed by atoms with Gasteiger partial charge in [0.1, 0.15) is 15.8 Å². The first-order valence-corrected chi connectivity index (χ1v) is 12.1. The summed E-state index contributed by atoms with van der Waals surface area (Å²) in [6.07, 6.45) is -0.694. The van der Waals surface area contributed by atoms with Crippen molar-refractivity contribution in [2.45, 2.75) is 51.8 Å². The monoisotopic (exact) mass is 480 g/mol. The van der Waals surface area contributed by atoms with Crippen LogP contribution in [0.3, 0.4) is 0 Å². The summed E-state index contributed by atoms with van der Waals surface area (Å²) in [7, 11) is 0. The highest BCUT2D eigenvalue weighted by Gasteiger charge is 2.34. The smallest absolute Gasteiger partial charge is 0.389 e. The van der Waals surface area contributed by atoms with E-state index in [2.05, 4.69) is 9.97 Å². The Morgan fingerprint density at radius 3 is 2.50 bits per heavy atom. The zero-order chi connectivity index (χ0) is 22.9. The van der Waals surface area contributed by atoms with Gasteiger partial charge in [-0.3, -0.25) is 4.79 Å². The molecule has 4 nitrogen and oxygen atoms in total. The number of hydrogen-bond acceptors (Lipinski definition) is 6. The van der Waals surface area contributed by atoms with Gasteiger partial charge in [-0.15, -0.1) is 22.7 Å². The minimum absolute atomic E-state index is 0.0473. The van der Waals surface area contributed by atoms with E-state index in [1.165, 1.54) is 22.7 Å². The molecule has 1 saturated carbocycles. The molecule has 0 bridgehead atoms. The van der Waals surface area contributed by atoms with Crippen LogP contribution in [0.2, 0.25) is 0 Å². The van der Waals surface area contributed by atoms with E-state index < -0.39 is 11.7 Å². The number of carbonyl (C=O) groups is 1. The summed E-state index contributed by atoms with van der Waals surface area (Å²) in [5.41, 5.74) is 1.90. The maximum Gasteiger partial charge on any atom is 0.416 e. The van der Waals surface area contributed by atoms with E-state index in [1.807, 2.05) is 12.3 Å². The number of halogens is 3. The predicted octanol–water partition coefficient (Wildman–Crippen LogP) is 5.86. The van der Waals surface area contributed by atoms with E-state index in [0.717, 1.165) is 64.7 Å². The van der Waals surface area contributed by atoms with Crippen molar-refractivity contribution in [1.29, 1.82) is 0 Å². The molecule has 2 aromatic heterocycles. The van der Waals surface area contributed by atoms with Gasteiger partial charge in [0.05, 0.1) is 34.9 Å². The Morgan fingerprint density at radius 2 is 1.88 bits per heavy atom. The van der Waals surface area contributed by atoms with Crippen molar-refractivity contribution in [3.63, 3.8) is 0 Å². The molecule has 0 unspecified atom stereocenters. The lowest BCUT2D eigenvalue weighted by Crippen LogP contribution is -2.31. The fraction of sp³-hybridized carbons (Fsp3) is 0.435. The Hall–Kier alpha value is -2.10. The molecule has 0 spiro atoms. The number of benzene rings is 1. The molecule has 0 atom stereocenters. The zero-order valence-electron chi connectivity index (χ0n) is 17.5. The van der Waals surface area contributed by atoms with Gasteiger partial charge in [0.2, 0.25) is 0 Å². The van der Waals surface area contributed by atoms with Crippen molar-refractivity contribution < 1.29 is 23.1 Å². The highest BCUT2D eigenvalue weighted by atomic mass is 32.1. The number of alkyl halides is 3. The van der Waals surface area contributed by atoms with Crippen molar-refractivity contribution >= 4 is 28.5 Å². The molecule has 170 valence electrons. The van der Waals surface area contributed by atoms with E-state index in [-0.39, 0.29) is 18.3 Å². The molecule has 1 aliphatic carbocycles. The lowest BCUT2D eigenvalue weighted by Gasteiger charge is -2.34. The Kier molecular flexibility index (Phi) is 6.78. The first kappa shape index (κ1) is 23.1. The van der Waals surface area contributed by atoms with Gasteiger partial charge < -0.3 is 5.11 Å². The van der Waals surface area contributed by atoms with Crippen LogP contribution in [0.15, 0.2) is 29.6 Å². The van der Waals surface area contributed by atoms with E-state index in [4.69, 9.17) is 0 Å². The second kappa shape index (κ2) is 9.41. The summed E-state index contributed by atoms with van der Waals surface area (Å²) < 4.78 is 37.9. The van der Waals surface area contributed by atoms with Crippen LogP contribution in [0.25, 0.3) is 10.6 Å². The maximum absolute atomic E-state index is 12.6. The van der Waals surface area contributed by atoms with E-state index in [1.54, 1.807) is 12.1 Å². The molecule has 32 heavy (non-hydrogen) atoms. The average molecular weight is 481 g/mol. The maximum atomic E-state index is 12.6. The van der Waals surface area contributed by atoms with Crippen LogP contribution in [0.4, 0.5) is 13.2 Å². The van der Waals surface area contributed by atoms with Crippen LogP contribution >= 0.6 is 22.7 Å². The van der Waals surface area contributed by atoms with Gasteiger partial charge in [0.25, 0.3) is 0 Å². The number of ketones is 1. The molecular formula is C23H23F3N2O2S2. The molecule has 0 amide bonds. The van der Waals surface area contributed by atoms with Crippen LogP contribution in [0.5, 0.6) is 0 Å². The Balaban J connectivity index is 1.24. The van der Waals surface area contributed by atoms with Crippen molar-refractivity contribution in [1.82, 2.24) is 9.97 Å². The van der Waals surface area contributed by atoms with E-state index >= 15 is 0 Å². The molecule has 2 heterocycles. The molecule has 1 N–H and O–H groups in total. The molecule has 0 aliphatic heterocycles. The zero-order valence-corrected chi connectivity index (χ0v) is 19.1. The minimum atomic E-state index is -4.31. The van der Waals surface area contributed by atoms with Crippen molar-refractivity contribution in [3.05, 3.63) is 56.5 Å². The van der Waals surface area contributed by atoms with Gasteiger partial charge in [0.15, 0.2) is 0 Å². The summed E-state index contributed by atoms with van der Waals surface area (Å²) in [5.74, 6) is 0.690. The highest BCUT2D eigenvalue weighted by molar-refractivity contribution is 7.16. The van der Waals surface area contributed by atoms with Crippen LogP contribution in [0, 0.1) is 18.8 Å². The number of aliphatic hydroxyl groups is 1. The summed E-state index contributed by atoms with van der Waals surface area (Å²) in [6, 6.07) is 5.34. The molecule has 1 aromatic carbocycles. The first-order chi connectivity index (χ1) is 15.2. The molecule has 4 rings (SSSR count). The molecular weight excluding hydrogens is 457 g/mol. The SMILES string of the molecule is Cc1nc(CO)sc1-c1csc(CC(=O)C2CC(CCc3ccc(C(F)(F)F)cc3)C2)n1. The topological polar surface area (TPSA) is 63.1 Å². The van der Waals surface area contributed by atoms with Gasteiger partial charge in [0, 0.05) is 11.3 Å². The Bertz CT molecular complexity index is 1080. The number of aryl methyl sites for hydroxylation is 2. The molecule has 0 radical (unpaired) electrons. The molecule has 0 saturated heterocycles. The third kappa shape index (κ3) is 5.27. The lowest BCUT2D eigenvalue weighted by molar-refractivity contribution is -0.137. The second-order valence-corrected chi connectivity index (χ2v) is 10.2. The summed E-state index contributed by atoms with van der Waals surface area (Å²) in [4.78, 5) is 22.5. The number of nitrogens with zero attached hydrogens (tertiary/aromatic N) is 2. The number of carbonyl (C=O) groups excluding carboxylic acids is 1. The number of thiazole rings is 2. The highest BCUT2D eigenvalue weighted by Crippen LogP contribution is 2.39. The quantitative estimate of drug-likeness (QED) is 0.439.